The Morgan fingerprint density at radius 2 is 2.00 bits per heavy atom. The van der Waals surface area contributed by atoms with Gasteiger partial charge in [-0.3, -0.25) is 9.63 Å². The van der Waals surface area contributed by atoms with Crippen LogP contribution in [0.3, 0.4) is 0 Å². The van der Waals surface area contributed by atoms with Crippen LogP contribution in [0, 0.1) is 6.92 Å². The number of sulfone groups is 1. The van der Waals surface area contributed by atoms with Crippen LogP contribution in [-0.2, 0) is 14.7 Å². The predicted octanol–water partition coefficient (Wildman–Crippen LogP) is 0.690. The molecule has 1 aromatic carbocycles. The molecule has 1 rings (SSSR count). The topological polar surface area (TPSA) is 72.5 Å². The van der Waals surface area contributed by atoms with Gasteiger partial charge in [0.25, 0.3) is 5.91 Å². The summed E-state index contributed by atoms with van der Waals surface area (Å²) in [5.74, 6) is -0.467. The molecule has 0 saturated carbocycles. The lowest BCUT2D eigenvalue weighted by atomic mass is 10.1. The Labute approximate surface area is 94.3 Å². The third-order valence-corrected chi connectivity index (χ3v) is 3.19. The molecule has 0 saturated heterocycles. The maximum Gasteiger partial charge on any atom is 0.275 e. The normalized spacial score (nSPS) is 11.2. The van der Waals surface area contributed by atoms with Crippen molar-refractivity contribution >= 4 is 15.7 Å². The molecular formula is C10H13NO4S. The van der Waals surface area contributed by atoms with Gasteiger partial charge in [0.2, 0.25) is 0 Å². The van der Waals surface area contributed by atoms with Gasteiger partial charge < -0.3 is 0 Å². The van der Waals surface area contributed by atoms with Crippen LogP contribution in [-0.4, -0.2) is 27.7 Å². The molecule has 6 heteroatoms. The first-order chi connectivity index (χ1) is 7.36. The molecule has 0 heterocycles. The number of rotatable bonds is 3. The van der Waals surface area contributed by atoms with E-state index >= 15 is 0 Å². The summed E-state index contributed by atoms with van der Waals surface area (Å²) in [6, 6.07) is 4.38. The second kappa shape index (κ2) is 4.63. The summed E-state index contributed by atoms with van der Waals surface area (Å²) in [5.41, 5.74) is 3.11. The van der Waals surface area contributed by atoms with Crippen molar-refractivity contribution in [1.82, 2.24) is 5.48 Å². The SMILES string of the molecule is CONC(=O)c1cc(S(C)(=O)=O)ccc1C. The molecule has 0 aliphatic rings. The van der Waals surface area contributed by atoms with Gasteiger partial charge in [-0.25, -0.2) is 13.9 Å². The van der Waals surface area contributed by atoms with Gasteiger partial charge in [0.05, 0.1) is 12.0 Å². The minimum atomic E-state index is -3.31. The zero-order valence-electron chi connectivity index (χ0n) is 9.27. The van der Waals surface area contributed by atoms with Crippen LogP contribution in [0.2, 0.25) is 0 Å². The van der Waals surface area contributed by atoms with Gasteiger partial charge in [0, 0.05) is 11.8 Å². The lowest BCUT2D eigenvalue weighted by Gasteiger charge is -2.07. The van der Waals surface area contributed by atoms with Crippen molar-refractivity contribution in [3.63, 3.8) is 0 Å². The molecule has 5 nitrogen and oxygen atoms in total. The van der Waals surface area contributed by atoms with Crippen LogP contribution in [0.25, 0.3) is 0 Å². The van der Waals surface area contributed by atoms with Crippen molar-refractivity contribution in [3.05, 3.63) is 29.3 Å². The summed E-state index contributed by atoms with van der Waals surface area (Å²) in [7, 11) is -2.00. The Kier molecular flexibility index (Phi) is 3.66. The minimum absolute atomic E-state index is 0.111. The fourth-order valence-electron chi connectivity index (χ4n) is 1.22. The van der Waals surface area contributed by atoms with E-state index in [9.17, 15) is 13.2 Å². The molecule has 0 spiro atoms. The number of hydrogen-bond acceptors (Lipinski definition) is 4. The first-order valence-corrected chi connectivity index (χ1v) is 6.39. The molecule has 88 valence electrons. The molecule has 0 fully saturated rings. The third-order valence-electron chi connectivity index (χ3n) is 2.08. The molecule has 1 N–H and O–H groups in total. The molecule has 0 radical (unpaired) electrons. The quantitative estimate of drug-likeness (QED) is 0.793. The molecule has 0 aromatic heterocycles. The Bertz CT molecular complexity index is 508. The van der Waals surface area contributed by atoms with Crippen LogP contribution in [0.5, 0.6) is 0 Å². The van der Waals surface area contributed by atoms with E-state index in [0.717, 1.165) is 6.26 Å². The summed E-state index contributed by atoms with van der Waals surface area (Å²) in [5, 5.41) is 0. The van der Waals surface area contributed by atoms with Gasteiger partial charge in [-0.05, 0) is 24.6 Å². The van der Waals surface area contributed by atoms with Crippen molar-refractivity contribution in [3.8, 4) is 0 Å². The molecule has 0 aliphatic heterocycles. The fourth-order valence-corrected chi connectivity index (χ4v) is 1.87. The van der Waals surface area contributed by atoms with Crippen molar-refractivity contribution in [2.75, 3.05) is 13.4 Å². The maximum atomic E-state index is 11.5. The van der Waals surface area contributed by atoms with Gasteiger partial charge in [-0.1, -0.05) is 6.07 Å². The van der Waals surface area contributed by atoms with E-state index in [0.29, 0.717) is 5.56 Å². The number of carbonyl (C=O) groups excluding carboxylic acids is 1. The van der Waals surface area contributed by atoms with Crippen LogP contribution in [0.1, 0.15) is 15.9 Å². The zero-order chi connectivity index (χ0) is 12.3. The Morgan fingerprint density at radius 1 is 1.38 bits per heavy atom. The molecule has 1 amide bonds. The third kappa shape index (κ3) is 2.80. The van der Waals surface area contributed by atoms with Crippen LogP contribution >= 0.6 is 0 Å². The second-order valence-corrected chi connectivity index (χ2v) is 5.40. The van der Waals surface area contributed by atoms with E-state index < -0.39 is 15.7 Å². The number of amides is 1. The van der Waals surface area contributed by atoms with Crippen LogP contribution in [0.15, 0.2) is 23.1 Å². The minimum Gasteiger partial charge on any atom is -0.277 e. The summed E-state index contributed by atoms with van der Waals surface area (Å²) in [6.45, 7) is 1.72. The van der Waals surface area contributed by atoms with Crippen LogP contribution in [0.4, 0.5) is 0 Å². The number of benzene rings is 1. The van der Waals surface area contributed by atoms with E-state index in [-0.39, 0.29) is 10.5 Å². The number of hydroxylamine groups is 1. The van der Waals surface area contributed by atoms with E-state index in [2.05, 4.69) is 10.3 Å². The lowest BCUT2D eigenvalue weighted by Crippen LogP contribution is -2.23. The number of carbonyl (C=O) groups is 1. The summed E-state index contributed by atoms with van der Waals surface area (Å²) >= 11 is 0. The largest absolute Gasteiger partial charge is 0.277 e. The molecule has 16 heavy (non-hydrogen) atoms. The second-order valence-electron chi connectivity index (χ2n) is 3.38. The number of nitrogens with one attached hydrogen (secondary N) is 1. The fraction of sp³-hybridized carbons (Fsp3) is 0.300. The van der Waals surface area contributed by atoms with E-state index in [4.69, 9.17) is 0 Å². The Balaban J connectivity index is 3.24. The highest BCUT2D eigenvalue weighted by atomic mass is 32.2. The van der Waals surface area contributed by atoms with E-state index in [1.807, 2.05) is 0 Å². The molecular weight excluding hydrogens is 230 g/mol. The molecule has 0 atom stereocenters. The predicted molar refractivity (Wildman–Crippen MR) is 58.8 cm³/mol. The maximum absolute atomic E-state index is 11.5. The van der Waals surface area contributed by atoms with Crippen molar-refractivity contribution in [2.24, 2.45) is 0 Å². The first kappa shape index (κ1) is 12.7. The van der Waals surface area contributed by atoms with Crippen molar-refractivity contribution in [1.29, 1.82) is 0 Å². The van der Waals surface area contributed by atoms with Gasteiger partial charge >= 0.3 is 0 Å². The average Bonchev–Trinajstić information content (AvgIpc) is 2.16. The highest BCUT2D eigenvalue weighted by molar-refractivity contribution is 7.90. The first-order valence-electron chi connectivity index (χ1n) is 4.50. The highest BCUT2D eigenvalue weighted by Gasteiger charge is 2.13. The van der Waals surface area contributed by atoms with E-state index in [1.165, 1.54) is 19.2 Å². The van der Waals surface area contributed by atoms with Crippen LogP contribution < -0.4 is 5.48 Å². The lowest BCUT2D eigenvalue weighted by molar-refractivity contribution is 0.0537. The van der Waals surface area contributed by atoms with Gasteiger partial charge in [-0.2, -0.15) is 0 Å². The standard InChI is InChI=1S/C10H13NO4S/c1-7-4-5-8(16(3,13)14)6-9(7)10(12)11-15-2/h4-6H,1-3H3,(H,11,12). The summed E-state index contributed by atoms with van der Waals surface area (Å²) in [6.07, 6.45) is 1.09. The smallest absolute Gasteiger partial charge is 0.275 e. The van der Waals surface area contributed by atoms with Gasteiger partial charge in [-0.15, -0.1) is 0 Å². The van der Waals surface area contributed by atoms with Gasteiger partial charge in [0.1, 0.15) is 0 Å². The average molecular weight is 243 g/mol. The Morgan fingerprint density at radius 3 is 2.50 bits per heavy atom. The molecule has 0 unspecified atom stereocenters. The molecule has 0 aliphatic carbocycles. The summed E-state index contributed by atoms with van der Waals surface area (Å²) in [4.78, 5) is 16.1. The molecule has 1 aromatic rings. The number of hydrogen-bond donors (Lipinski definition) is 1. The zero-order valence-corrected chi connectivity index (χ0v) is 10.1. The van der Waals surface area contributed by atoms with Crippen molar-refractivity contribution in [2.45, 2.75) is 11.8 Å². The summed E-state index contributed by atoms with van der Waals surface area (Å²) < 4.78 is 22.6. The number of aryl methyl sites for hydroxylation is 1. The Hall–Kier alpha value is -1.40. The highest BCUT2D eigenvalue weighted by Crippen LogP contribution is 2.15. The van der Waals surface area contributed by atoms with Crippen molar-refractivity contribution < 1.29 is 18.0 Å². The van der Waals surface area contributed by atoms with E-state index in [1.54, 1.807) is 13.0 Å². The van der Waals surface area contributed by atoms with Gasteiger partial charge in [0.15, 0.2) is 9.84 Å². The monoisotopic (exact) mass is 243 g/mol. The molecule has 0 bridgehead atoms.